The van der Waals surface area contributed by atoms with E-state index >= 15 is 0 Å². The maximum Gasteiger partial charge on any atom is 0.249 e. The van der Waals surface area contributed by atoms with Crippen LogP contribution in [0.25, 0.3) is 43.7 Å². The number of aromatic nitrogens is 1. The number of rotatable bonds is 4. The van der Waals surface area contributed by atoms with E-state index in [-0.39, 0.29) is 0 Å². The number of benzene rings is 5. The summed E-state index contributed by atoms with van der Waals surface area (Å²) in [6.07, 6.45) is 0. The molecular formula is C31H22ClN2O. The predicted molar refractivity (Wildman–Crippen MR) is 145 cm³/mol. The SMILES string of the molecule is Cc1ccc2cc(Cn3c4cc(-c5ccc(Cl)cc5)c[c]c4c4c(C(N)=O)cccc43)ccc2c1. The lowest BCUT2D eigenvalue weighted by Crippen LogP contribution is -2.11. The second-order valence-electron chi connectivity index (χ2n) is 8.99. The number of hydrogen-bond acceptors (Lipinski definition) is 1. The fourth-order valence-corrected chi connectivity index (χ4v) is 5.06. The van der Waals surface area contributed by atoms with E-state index < -0.39 is 5.91 Å². The normalized spacial score (nSPS) is 11.5. The monoisotopic (exact) mass is 473 g/mol. The van der Waals surface area contributed by atoms with Crippen LogP contribution in [0.2, 0.25) is 5.02 Å². The highest BCUT2D eigenvalue weighted by Gasteiger charge is 2.17. The van der Waals surface area contributed by atoms with E-state index in [1.54, 1.807) is 6.07 Å². The van der Waals surface area contributed by atoms with Gasteiger partial charge in [-0.2, -0.15) is 0 Å². The zero-order valence-corrected chi connectivity index (χ0v) is 19.9. The fourth-order valence-electron chi connectivity index (χ4n) is 4.94. The Balaban J connectivity index is 1.58. The molecular weight excluding hydrogens is 452 g/mol. The Bertz CT molecular complexity index is 1760. The quantitative estimate of drug-likeness (QED) is 0.282. The van der Waals surface area contributed by atoms with Gasteiger partial charge in [0, 0.05) is 27.9 Å². The molecule has 35 heavy (non-hydrogen) atoms. The Labute approximate surface area is 208 Å². The highest BCUT2D eigenvalue weighted by atomic mass is 35.5. The van der Waals surface area contributed by atoms with Gasteiger partial charge in [0.05, 0.1) is 11.0 Å². The lowest BCUT2D eigenvalue weighted by atomic mass is 10.0. The standard InChI is InChI=1S/C31H22ClN2O/c1-19-5-7-23-16-20(6-8-22(23)15-19)18-34-28-4-2-3-27(31(33)35)30(28)26-14-11-24(17-29(26)34)21-9-12-25(32)13-10-21/h2-13,15-17H,18H2,1H3,(H2,33,35). The van der Waals surface area contributed by atoms with Gasteiger partial charge in [0.1, 0.15) is 0 Å². The Morgan fingerprint density at radius 1 is 0.886 bits per heavy atom. The van der Waals surface area contributed by atoms with Gasteiger partial charge in [0.2, 0.25) is 5.91 Å². The van der Waals surface area contributed by atoms with E-state index in [9.17, 15) is 4.79 Å². The molecule has 0 bridgehead atoms. The first-order valence-corrected chi connectivity index (χ1v) is 11.9. The van der Waals surface area contributed by atoms with Gasteiger partial charge < -0.3 is 10.3 Å². The molecule has 0 aliphatic rings. The molecule has 0 saturated carbocycles. The highest BCUT2D eigenvalue weighted by molar-refractivity contribution is 6.30. The molecule has 1 aromatic heterocycles. The third-order valence-corrected chi connectivity index (χ3v) is 6.89. The van der Waals surface area contributed by atoms with Crippen molar-refractivity contribution in [2.45, 2.75) is 13.5 Å². The molecule has 0 saturated heterocycles. The molecule has 0 atom stereocenters. The Hall–Kier alpha value is -4.08. The fraction of sp³-hybridized carbons (Fsp3) is 0.0645. The van der Waals surface area contributed by atoms with E-state index in [1.807, 2.05) is 42.5 Å². The summed E-state index contributed by atoms with van der Waals surface area (Å²) in [4.78, 5) is 12.3. The summed E-state index contributed by atoms with van der Waals surface area (Å²) in [7, 11) is 0. The number of amides is 1. The highest BCUT2D eigenvalue weighted by Crippen LogP contribution is 2.35. The summed E-state index contributed by atoms with van der Waals surface area (Å²) in [6, 6.07) is 34.2. The van der Waals surface area contributed by atoms with E-state index in [4.69, 9.17) is 17.3 Å². The van der Waals surface area contributed by atoms with Gasteiger partial charge in [0.25, 0.3) is 0 Å². The first-order valence-electron chi connectivity index (χ1n) is 11.5. The minimum absolute atomic E-state index is 0.439. The summed E-state index contributed by atoms with van der Waals surface area (Å²) < 4.78 is 2.25. The van der Waals surface area contributed by atoms with Gasteiger partial charge in [-0.3, -0.25) is 4.79 Å². The first kappa shape index (κ1) is 21.5. The lowest BCUT2D eigenvalue weighted by molar-refractivity contribution is 0.100. The predicted octanol–water partition coefficient (Wildman–Crippen LogP) is 7.52. The molecule has 1 radical (unpaired) electrons. The summed E-state index contributed by atoms with van der Waals surface area (Å²) in [5.74, 6) is -0.439. The minimum Gasteiger partial charge on any atom is -0.366 e. The number of nitrogens with two attached hydrogens (primary N) is 1. The van der Waals surface area contributed by atoms with Crippen molar-refractivity contribution in [3.8, 4) is 11.1 Å². The van der Waals surface area contributed by atoms with Crippen molar-refractivity contribution in [1.82, 2.24) is 4.57 Å². The number of halogens is 1. The summed E-state index contributed by atoms with van der Waals surface area (Å²) in [5.41, 5.74) is 12.8. The van der Waals surface area contributed by atoms with Crippen molar-refractivity contribution in [3.63, 3.8) is 0 Å². The molecule has 3 nitrogen and oxygen atoms in total. The van der Waals surface area contributed by atoms with Crippen molar-refractivity contribution in [3.05, 3.63) is 119 Å². The minimum atomic E-state index is -0.439. The van der Waals surface area contributed by atoms with Crippen LogP contribution in [-0.4, -0.2) is 10.5 Å². The third-order valence-electron chi connectivity index (χ3n) is 6.64. The number of hydrogen-bond donors (Lipinski definition) is 1. The van der Waals surface area contributed by atoms with Crippen molar-refractivity contribution in [1.29, 1.82) is 0 Å². The van der Waals surface area contributed by atoms with Crippen molar-refractivity contribution in [2.75, 3.05) is 0 Å². The van der Waals surface area contributed by atoms with Crippen LogP contribution in [0, 0.1) is 13.0 Å². The summed E-state index contributed by atoms with van der Waals surface area (Å²) in [6.45, 7) is 2.76. The molecule has 1 heterocycles. The van der Waals surface area contributed by atoms with Crippen LogP contribution in [-0.2, 0) is 6.54 Å². The van der Waals surface area contributed by atoms with Crippen LogP contribution in [0.1, 0.15) is 21.5 Å². The number of carbonyl (C=O) groups is 1. The molecule has 0 spiro atoms. The average molecular weight is 474 g/mol. The molecule has 0 aliphatic heterocycles. The average Bonchev–Trinajstić information content (AvgIpc) is 3.17. The molecule has 169 valence electrons. The second-order valence-corrected chi connectivity index (χ2v) is 9.43. The van der Waals surface area contributed by atoms with Crippen LogP contribution in [0.5, 0.6) is 0 Å². The maximum absolute atomic E-state index is 12.3. The van der Waals surface area contributed by atoms with Gasteiger partial charge in [-0.05, 0) is 82.9 Å². The van der Waals surface area contributed by atoms with Gasteiger partial charge in [0.15, 0.2) is 0 Å². The van der Waals surface area contributed by atoms with Crippen molar-refractivity contribution < 1.29 is 4.79 Å². The number of primary amides is 1. The van der Waals surface area contributed by atoms with Gasteiger partial charge in [-0.25, -0.2) is 0 Å². The number of carbonyl (C=O) groups excluding carboxylic acids is 1. The lowest BCUT2D eigenvalue weighted by Gasteiger charge is -2.11. The number of aryl methyl sites for hydroxylation is 1. The zero-order chi connectivity index (χ0) is 24.1. The van der Waals surface area contributed by atoms with Crippen LogP contribution < -0.4 is 5.73 Å². The topological polar surface area (TPSA) is 48.0 Å². The van der Waals surface area contributed by atoms with Crippen LogP contribution in [0.3, 0.4) is 0 Å². The van der Waals surface area contributed by atoms with Gasteiger partial charge in [-0.15, -0.1) is 0 Å². The summed E-state index contributed by atoms with van der Waals surface area (Å²) >= 11 is 6.10. The van der Waals surface area contributed by atoms with Crippen LogP contribution in [0.4, 0.5) is 0 Å². The molecule has 0 unspecified atom stereocenters. The molecule has 5 aromatic carbocycles. The van der Waals surface area contributed by atoms with E-state index in [0.29, 0.717) is 17.1 Å². The van der Waals surface area contributed by atoms with Gasteiger partial charge in [-0.1, -0.05) is 65.7 Å². The second kappa shape index (κ2) is 8.30. The molecule has 6 aromatic rings. The Morgan fingerprint density at radius 3 is 2.46 bits per heavy atom. The van der Waals surface area contributed by atoms with E-state index in [1.165, 1.54) is 21.9 Å². The number of fused-ring (bicyclic) bond motifs is 4. The number of nitrogens with zero attached hydrogens (tertiary/aromatic N) is 1. The Morgan fingerprint density at radius 2 is 1.66 bits per heavy atom. The largest absolute Gasteiger partial charge is 0.366 e. The first-order chi connectivity index (χ1) is 17.0. The van der Waals surface area contributed by atoms with E-state index in [2.05, 4.69) is 60.0 Å². The smallest absolute Gasteiger partial charge is 0.249 e. The molecule has 1 amide bonds. The molecule has 0 aliphatic carbocycles. The molecule has 0 fully saturated rings. The van der Waals surface area contributed by atoms with Crippen LogP contribution >= 0.6 is 11.6 Å². The van der Waals surface area contributed by atoms with Crippen molar-refractivity contribution in [2.24, 2.45) is 5.73 Å². The van der Waals surface area contributed by atoms with Crippen molar-refractivity contribution >= 4 is 50.1 Å². The third kappa shape index (κ3) is 3.74. The molecule has 4 heteroatoms. The summed E-state index contributed by atoms with van der Waals surface area (Å²) in [5, 5.41) is 4.87. The van der Waals surface area contributed by atoms with Crippen LogP contribution in [0.15, 0.2) is 91.0 Å². The van der Waals surface area contributed by atoms with Gasteiger partial charge >= 0.3 is 0 Å². The molecule has 2 N–H and O–H groups in total. The molecule has 6 rings (SSSR count). The Kier molecular flexibility index (Phi) is 5.09. The zero-order valence-electron chi connectivity index (χ0n) is 19.2. The maximum atomic E-state index is 12.3. The van der Waals surface area contributed by atoms with E-state index in [0.717, 1.165) is 32.9 Å².